The molecule has 0 unspecified atom stereocenters. The van der Waals surface area contributed by atoms with Gasteiger partial charge in [0.1, 0.15) is 23.7 Å². The summed E-state index contributed by atoms with van der Waals surface area (Å²) in [6.07, 6.45) is 3.20. The Kier molecular flexibility index (Phi) is 7.79. The van der Waals surface area contributed by atoms with Crippen LogP contribution in [0.2, 0.25) is 4.34 Å². The predicted molar refractivity (Wildman–Crippen MR) is 159 cm³/mol. The number of carbonyl (C=O) groups is 1. The fraction of sp³-hybridized carbons (Fsp3) is 0.300. The Bertz CT molecular complexity index is 1680. The zero-order valence-corrected chi connectivity index (χ0v) is 23.7. The Balaban J connectivity index is 1.19. The minimum Gasteiger partial charge on any atom is -0.477 e. The lowest BCUT2D eigenvalue weighted by Gasteiger charge is -2.36. The molecule has 2 aromatic carbocycles. The lowest BCUT2D eigenvalue weighted by atomic mass is 10.1. The Hall–Kier alpha value is -3.73. The van der Waals surface area contributed by atoms with E-state index < -0.39 is 17.2 Å². The lowest BCUT2D eigenvalue weighted by molar-refractivity contribution is 0.0695. The highest BCUT2D eigenvalue weighted by Gasteiger charge is 2.29. The molecular weight excluding hydrogens is 567 g/mol. The number of carboxylic acid groups (broad SMARTS) is 1. The molecule has 0 spiro atoms. The molecule has 8 nitrogen and oxygen atoms in total. The highest BCUT2D eigenvalue weighted by Crippen LogP contribution is 2.38. The number of rotatable bonds is 9. The topological polar surface area (TPSA) is 87.4 Å². The molecule has 1 saturated heterocycles. The molecular formula is C30H28ClFN4O4S. The summed E-state index contributed by atoms with van der Waals surface area (Å²) in [7, 11) is 0. The van der Waals surface area contributed by atoms with Gasteiger partial charge in [0, 0.05) is 50.3 Å². The highest BCUT2D eigenvalue weighted by molar-refractivity contribution is 7.18. The van der Waals surface area contributed by atoms with Gasteiger partial charge in [-0.05, 0) is 42.7 Å². The van der Waals surface area contributed by atoms with Crippen LogP contribution in [0.25, 0.3) is 10.9 Å². The van der Waals surface area contributed by atoms with Gasteiger partial charge in [-0.2, -0.15) is 0 Å². The number of pyridine rings is 1. The van der Waals surface area contributed by atoms with Crippen molar-refractivity contribution in [2.45, 2.75) is 25.5 Å². The maximum absolute atomic E-state index is 15.4. The van der Waals surface area contributed by atoms with Crippen LogP contribution in [0.3, 0.4) is 0 Å². The van der Waals surface area contributed by atoms with Gasteiger partial charge in [-0.3, -0.25) is 9.69 Å². The second kappa shape index (κ2) is 11.6. The average molecular weight is 595 g/mol. The van der Waals surface area contributed by atoms with Crippen LogP contribution < -0.4 is 10.3 Å². The summed E-state index contributed by atoms with van der Waals surface area (Å²) in [6, 6.07) is 16.6. The molecule has 6 rings (SSSR count). The summed E-state index contributed by atoms with van der Waals surface area (Å²) < 4.78 is 17.9. The molecule has 0 atom stereocenters. The van der Waals surface area contributed by atoms with Gasteiger partial charge < -0.3 is 19.4 Å². The van der Waals surface area contributed by atoms with Crippen molar-refractivity contribution in [1.29, 1.82) is 0 Å². The minimum absolute atomic E-state index is 0.0997. The number of halogens is 2. The highest BCUT2D eigenvalue weighted by atomic mass is 35.5. The Morgan fingerprint density at radius 3 is 2.51 bits per heavy atom. The number of thiophene rings is 1. The van der Waals surface area contributed by atoms with Gasteiger partial charge in [-0.25, -0.2) is 9.18 Å². The molecule has 1 aliphatic carbocycles. The van der Waals surface area contributed by atoms with Crippen LogP contribution in [-0.4, -0.2) is 59.0 Å². The van der Waals surface area contributed by atoms with Crippen molar-refractivity contribution >= 4 is 51.2 Å². The SMILES string of the molecule is O=C(O)c1cn(C2CC2)c2cc(N3CCN(C/C(=N/OCc4ccccc4)c4ccc(Cl)s4)CC3)c(F)cc2c1=O. The molecule has 0 amide bonds. The number of piperazine rings is 1. The standard InChI is InChI=1S/C30H28ClFN4O4S/c31-28-9-8-27(41-28)24(33-40-18-19-4-2-1-3-5-19)17-34-10-12-35(13-11-34)26-15-25-21(14-23(26)32)29(37)22(30(38)39)16-36(25)20-6-7-20/h1-5,8-9,14-16,20H,6-7,10-13,17-18H2,(H,38,39)/b33-24-. The van der Waals surface area contributed by atoms with Gasteiger partial charge in [0.25, 0.3) is 0 Å². The van der Waals surface area contributed by atoms with E-state index >= 15 is 4.39 Å². The molecule has 4 aromatic rings. The van der Waals surface area contributed by atoms with Gasteiger partial charge in [0.05, 0.1) is 20.4 Å². The van der Waals surface area contributed by atoms with Crippen LogP contribution >= 0.6 is 22.9 Å². The largest absolute Gasteiger partial charge is 0.477 e. The maximum atomic E-state index is 15.4. The molecule has 3 heterocycles. The smallest absolute Gasteiger partial charge is 0.341 e. The number of aromatic nitrogens is 1. The second-order valence-corrected chi connectivity index (χ2v) is 12.0. The lowest BCUT2D eigenvalue weighted by Crippen LogP contribution is -2.48. The van der Waals surface area contributed by atoms with Gasteiger partial charge in [0.15, 0.2) is 0 Å². The van der Waals surface area contributed by atoms with E-state index in [4.69, 9.17) is 16.4 Å². The molecule has 41 heavy (non-hydrogen) atoms. The molecule has 11 heteroatoms. The molecule has 2 aliphatic rings. The monoisotopic (exact) mass is 594 g/mol. The number of anilines is 1. The zero-order chi connectivity index (χ0) is 28.5. The Morgan fingerprint density at radius 1 is 1.10 bits per heavy atom. The predicted octanol–water partition coefficient (Wildman–Crippen LogP) is 5.63. The number of carboxylic acids is 1. The molecule has 2 fully saturated rings. The number of fused-ring (bicyclic) bond motifs is 1. The van der Waals surface area contributed by atoms with Crippen molar-refractivity contribution in [3.63, 3.8) is 0 Å². The van der Waals surface area contributed by atoms with Crippen LogP contribution in [0.15, 0.2) is 70.7 Å². The molecule has 2 aromatic heterocycles. The van der Waals surface area contributed by atoms with Gasteiger partial charge in [-0.15, -0.1) is 11.3 Å². The van der Waals surface area contributed by atoms with E-state index in [1.165, 1.54) is 23.6 Å². The first kappa shape index (κ1) is 27.4. The first-order valence-corrected chi connectivity index (χ1v) is 14.6. The van der Waals surface area contributed by atoms with Crippen LogP contribution in [0.1, 0.15) is 39.7 Å². The van der Waals surface area contributed by atoms with Crippen LogP contribution in [0.4, 0.5) is 10.1 Å². The Morgan fingerprint density at radius 2 is 1.85 bits per heavy atom. The molecule has 1 saturated carbocycles. The third kappa shape index (κ3) is 6.00. The van der Waals surface area contributed by atoms with Gasteiger partial charge >= 0.3 is 5.97 Å². The van der Waals surface area contributed by atoms with Crippen molar-refractivity contribution < 1.29 is 19.1 Å². The third-order valence-corrected chi connectivity index (χ3v) is 8.74. The van der Waals surface area contributed by atoms with E-state index in [0.29, 0.717) is 54.9 Å². The first-order chi connectivity index (χ1) is 19.9. The summed E-state index contributed by atoms with van der Waals surface area (Å²) >= 11 is 7.65. The van der Waals surface area contributed by atoms with Crippen molar-refractivity contribution in [2.24, 2.45) is 5.16 Å². The van der Waals surface area contributed by atoms with Crippen LogP contribution in [0, 0.1) is 5.82 Å². The fourth-order valence-electron chi connectivity index (χ4n) is 5.15. The van der Waals surface area contributed by atoms with E-state index in [-0.39, 0.29) is 17.0 Å². The number of hydrogen-bond donors (Lipinski definition) is 1. The second-order valence-electron chi connectivity index (χ2n) is 10.3. The third-order valence-electron chi connectivity index (χ3n) is 7.46. The van der Waals surface area contributed by atoms with Crippen molar-refractivity contribution in [2.75, 3.05) is 37.6 Å². The van der Waals surface area contributed by atoms with Crippen molar-refractivity contribution in [3.8, 4) is 0 Å². The normalized spacial score (nSPS) is 16.3. The van der Waals surface area contributed by atoms with E-state index in [1.807, 2.05) is 51.9 Å². The van der Waals surface area contributed by atoms with E-state index in [1.54, 1.807) is 6.07 Å². The quantitative estimate of drug-likeness (QED) is 0.200. The van der Waals surface area contributed by atoms with E-state index in [9.17, 15) is 14.7 Å². The molecule has 212 valence electrons. The molecule has 1 N–H and O–H groups in total. The molecule has 1 aliphatic heterocycles. The number of benzene rings is 2. The Labute approximate surface area is 244 Å². The first-order valence-electron chi connectivity index (χ1n) is 13.4. The summed E-state index contributed by atoms with van der Waals surface area (Å²) in [6.45, 7) is 3.40. The van der Waals surface area contributed by atoms with Crippen molar-refractivity contribution in [1.82, 2.24) is 9.47 Å². The van der Waals surface area contributed by atoms with E-state index in [0.717, 1.165) is 29.0 Å². The van der Waals surface area contributed by atoms with Crippen LogP contribution in [-0.2, 0) is 11.4 Å². The molecule has 0 radical (unpaired) electrons. The number of aromatic carboxylic acids is 1. The summed E-state index contributed by atoms with van der Waals surface area (Å²) in [4.78, 5) is 35.3. The average Bonchev–Trinajstić information content (AvgIpc) is 3.73. The van der Waals surface area contributed by atoms with Gasteiger partial charge in [0.2, 0.25) is 5.43 Å². The molecule has 0 bridgehead atoms. The number of oxime groups is 1. The minimum atomic E-state index is -1.30. The van der Waals surface area contributed by atoms with Gasteiger partial charge in [-0.1, -0.05) is 47.1 Å². The number of nitrogens with zero attached hydrogens (tertiary/aromatic N) is 4. The summed E-state index contributed by atoms with van der Waals surface area (Å²) in [5, 5.41) is 14.1. The zero-order valence-electron chi connectivity index (χ0n) is 22.1. The fourth-order valence-corrected chi connectivity index (χ4v) is 6.16. The van der Waals surface area contributed by atoms with Crippen LogP contribution in [0.5, 0.6) is 0 Å². The summed E-state index contributed by atoms with van der Waals surface area (Å²) in [5.41, 5.74) is 1.81. The number of hydrogen-bond acceptors (Lipinski definition) is 7. The van der Waals surface area contributed by atoms with E-state index in [2.05, 4.69) is 10.1 Å². The summed E-state index contributed by atoms with van der Waals surface area (Å²) in [5.74, 6) is -1.83. The maximum Gasteiger partial charge on any atom is 0.341 e. The van der Waals surface area contributed by atoms with Crippen molar-refractivity contribution in [3.05, 3.63) is 97.2 Å².